The van der Waals surface area contributed by atoms with Crippen molar-refractivity contribution in [3.63, 3.8) is 0 Å². The van der Waals surface area contributed by atoms with E-state index in [4.69, 9.17) is 18.9 Å². The van der Waals surface area contributed by atoms with Crippen molar-refractivity contribution >= 4 is 27.7 Å². The van der Waals surface area contributed by atoms with Gasteiger partial charge in [0.2, 0.25) is 0 Å². The van der Waals surface area contributed by atoms with Crippen LogP contribution >= 0.6 is 15.9 Å². The number of benzene rings is 1. The zero-order valence-corrected chi connectivity index (χ0v) is 21.6. The van der Waals surface area contributed by atoms with Crippen LogP contribution in [-0.2, 0) is 14.3 Å². The van der Waals surface area contributed by atoms with Gasteiger partial charge in [-0.2, -0.15) is 0 Å². The van der Waals surface area contributed by atoms with Gasteiger partial charge in [-0.15, -0.1) is 0 Å². The summed E-state index contributed by atoms with van der Waals surface area (Å²) in [7, 11) is 3.23. The smallest absolute Gasteiger partial charge is 0.309 e. The van der Waals surface area contributed by atoms with E-state index in [1.165, 1.54) is 0 Å². The third-order valence-electron chi connectivity index (χ3n) is 6.08. The Morgan fingerprint density at radius 3 is 2.44 bits per heavy atom. The normalized spacial score (nSPS) is 20.3. The number of ether oxygens (including phenoxy) is 4. The number of carbonyl (C=O) groups excluding carboxylic acids is 2. The third kappa shape index (κ3) is 6.95. The molecular formula is C25H37BrO6. The molecule has 1 aliphatic rings. The van der Waals surface area contributed by atoms with Gasteiger partial charge in [0, 0.05) is 31.6 Å². The monoisotopic (exact) mass is 512 g/mol. The molecule has 0 aromatic heterocycles. The van der Waals surface area contributed by atoms with Crippen LogP contribution in [0.4, 0.5) is 0 Å². The Kier molecular flexibility index (Phi) is 10.5. The maximum Gasteiger partial charge on any atom is 0.309 e. The Morgan fingerprint density at radius 1 is 1.16 bits per heavy atom. The molecule has 1 fully saturated rings. The molecule has 1 aliphatic heterocycles. The van der Waals surface area contributed by atoms with E-state index in [9.17, 15) is 9.59 Å². The zero-order chi connectivity index (χ0) is 23.8. The van der Waals surface area contributed by atoms with Gasteiger partial charge in [0.15, 0.2) is 17.3 Å². The van der Waals surface area contributed by atoms with Crippen molar-refractivity contribution in [3.8, 4) is 11.5 Å². The number of alkyl halides is 1. The first-order valence-electron chi connectivity index (χ1n) is 11.4. The fraction of sp³-hybridized carbons (Fsp3) is 0.680. The Balaban J connectivity index is 2.13. The van der Waals surface area contributed by atoms with Crippen LogP contribution in [0.5, 0.6) is 11.5 Å². The first-order chi connectivity index (χ1) is 15.2. The van der Waals surface area contributed by atoms with Crippen LogP contribution in [-0.4, -0.2) is 50.1 Å². The Labute approximate surface area is 200 Å². The van der Waals surface area contributed by atoms with Gasteiger partial charge < -0.3 is 18.9 Å². The maximum absolute atomic E-state index is 13.5. The fourth-order valence-corrected chi connectivity index (χ4v) is 4.74. The minimum absolute atomic E-state index is 0.0542. The molecule has 0 aliphatic carbocycles. The van der Waals surface area contributed by atoms with Crippen molar-refractivity contribution in [2.75, 3.05) is 27.4 Å². The van der Waals surface area contributed by atoms with Gasteiger partial charge in [-0.25, -0.2) is 0 Å². The van der Waals surface area contributed by atoms with Crippen LogP contribution in [0.3, 0.4) is 0 Å². The summed E-state index contributed by atoms with van der Waals surface area (Å²) in [6, 6.07) is 5.32. The van der Waals surface area contributed by atoms with Gasteiger partial charge in [-0.05, 0) is 42.9 Å². The number of Topliss-reactive ketones (excluding diaryl/α,β-unsaturated/α-hetero) is 1. The van der Waals surface area contributed by atoms with E-state index >= 15 is 0 Å². The average molecular weight is 513 g/mol. The Bertz CT molecular complexity index is 763. The van der Waals surface area contributed by atoms with Gasteiger partial charge in [-0.1, -0.05) is 43.6 Å². The second kappa shape index (κ2) is 12.6. The zero-order valence-electron chi connectivity index (χ0n) is 20.1. The van der Waals surface area contributed by atoms with Gasteiger partial charge in [-0.3, -0.25) is 9.59 Å². The van der Waals surface area contributed by atoms with Crippen molar-refractivity contribution in [2.45, 2.75) is 57.9 Å². The summed E-state index contributed by atoms with van der Waals surface area (Å²) in [5.41, 5.74) is 0.592. The number of cyclic esters (lactones) is 1. The lowest BCUT2D eigenvalue weighted by Crippen LogP contribution is -2.29. The molecule has 1 aromatic carbocycles. The number of hydrogen-bond donors (Lipinski definition) is 0. The standard InChI is InChI=1S/C25H37BrO6/c1-15(2)18(13-20(26)22-14-19(16(3)4)25(28)32-22)24(27)17-8-9-21(30-6)23(12-17)31-11-7-10-29-5/h8-9,12,15-16,18-20,22H,7,10-11,13-14H2,1-6H3/t18-,19-,20+,22-/m0/s1. The van der Waals surface area contributed by atoms with Crippen LogP contribution < -0.4 is 9.47 Å². The number of esters is 1. The molecule has 1 saturated heterocycles. The van der Waals surface area contributed by atoms with Gasteiger partial charge in [0.1, 0.15) is 6.10 Å². The largest absolute Gasteiger partial charge is 0.493 e. The molecular weight excluding hydrogens is 476 g/mol. The average Bonchev–Trinajstić information content (AvgIpc) is 3.16. The molecule has 6 nitrogen and oxygen atoms in total. The van der Waals surface area contributed by atoms with E-state index in [-0.39, 0.29) is 46.4 Å². The summed E-state index contributed by atoms with van der Waals surface area (Å²) < 4.78 is 21.9. The first-order valence-corrected chi connectivity index (χ1v) is 12.3. The van der Waals surface area contributed by atoms with E-state index in [1.54, 1.807) is 32.4 Å². The number of methoxy groups -OCH3 is 2. The second-order valence-electron chi connectivity index (χ2n) is 9.09. The molecule has 0 N–H and O–H groups in total. The molecule has 0 amide bonds. The maximum atomic E-state index is 13.5. The number of hydrogen-bond acceptors (Lipinski definition) is 6. The molecule has 0 spiro atoms. The summed E-state index contributed by atoms with van der Waals surface area (Å²) in [5, 5.41) is 0. The van der Waals surface area contributed by atoms with E-state index < -0.39 is 0 Å². The van der Waals surface area contributed by atoms with E-state index in [1.807, 2.05) is 27.7 Å². The minimum atomic E-state index is -0.217. The number of halogens is 1. The van der Waals surface area contributed by atoms with Crippen LogP contribution in [0.2, 0.25) is 0 Å². The second-order valence-corrected chi connectivity index (χ2v) is 10.3. The number of ketones is 1. The van der Waals surface area contributed by atoms with Crippen LogP contribution in [0.1, 0.15) is 57.3 Å². The quantitative estimate of drug-likeness (QED) is 0.154. The predicted molar refractivity (Wildman–Crippen MR) is 128 cm³/mol. The summed E-state index contributed by atoms with van der Waals surface area (Å²) in [6.45, 7) is 9.25. The van der Waals surface area contributed by atoms with Crippen LogP contribution in [0.25, 0.3) is 0 Å². The summed E-state index contributed by atoms with van der Waals surface area (Å²) >= 11 is 3.72. The molecule has 32 heavy (non-hydrogen) atoms. The Hall–Kier alpha value is -1.60. The van der Waals surface area contributed by atoms with Crippen molar-refractivity contribution in [1.29, 1.82) is 0 Å². The lowest BCUT2D eigenvalue weighted by molar-refractivity contribution is -0.145. The van der Waals surface area contributed by atoms with Gasteiger partial charge in [0.05, 0.1) is 24.5 Å². The SMILES string of the molecule is COCCCOc1cc(C(=O)[C@@H](C[C@@H](Br)[C@@H]2C[C@@H](C(C)C)C(=O)O2)C(C)C)ccc1OC. The topological polar surface area (TPSA) is 71.1 Å². The van der Waals surface area contributed by atoms with Crippen molar-refractivity contribution in [1.82, 2.24) is 0 Å². The molecule has 0 radical (unpaired) electrons. The summed E-state index contributed by atoms with van der Waals surface area (Å²) in [6.07, 6.45) is 1.82. The molecule has 7 heteroatoms. The highest BCUT2D eigenvalue weighted by Crippen LogP contribution is 2.36. The van der Waals surface area contributed by atoms with E-state index in [2.05, 4.69) is 15.9 Å². The Morgan fingerprint density at radius 2 is 1.88 bits per heavy atom. The van der Waals surface area contributed by atoms with Crippen LogP contribution in [0, 0.1) is 23.7 Å². The predicted octanol–water partition coefficient (Wildman–Crippen LogP) is 5.31. The van der Waals surface area contributed by atoms with Gasteiger partial charge >= 0.3 is 5.97 Å². The molecule has 1 heterocycles. The lowest BCUT2D eigenvalue weighted by atomic mass is 9.82. The molecule has 0 saturated carbocycles. The minimum Gasteiger partial charge on any atom is -0.493 e. The highest BCUT2D eigenvalue weighted by Gasteiger charge is 2.41. The van der Waals surface area contributed by atoms with Crippen LogP contribution in [0.15, 0.2) is 18.2 Å². The van der Waals surface area contributed by atoms with Crippen molar-refractivity contribution in [3.05, 3.63) is 23.8 Å². The highest BCUT2D eigenvalue weighted by molar-refractivity contribution is 9.09. The molecule has 2 rings (SSSR count). The number of carbonyl (C=O) groups is 2. The molecule has 1 aromatic rings. The summed E-state index contributed by atoms with van der Waals surface area (Å²) in [5.74, 6) is 1.15. The van der Waals surface area contributed by atoms with Crippen molar-refractivity contribution < 1.29 is 28.5 Å². The molecule has 180 valence electrons. The molecule has 0 bridgehead atoms. The highest BCUT2D eigenvalue weighted by atomic mass is 79.9. The van der Waals surface area contributed by atoms with E-state index in [0.29, 0.717) is 43.1 Å². The van der Waals surface area contributed by atoms with Crippen molar-refractivity contribution in [2.24, 2.45) is 23.7 Å². The number of rotatable bonds is 13. The van der Waals surface area contributed by atoms with Gasteiger partial charge in [0.25, 0.3) is 0 Å². The first kappa shape index (κ1) is 26.7. The van der Waals surface area contributed by atoms with E-state index in [0.717, 1.165) is 6.42 Å². The fourth-order valence-electron chi connectivity index (χ4n) is 4.02. The lowest BCUT2D eigenvalue weighted by Gasteiger charge is -2.25. The third-order valence-corrected chi connectivity index (χ3v) is 7.05. The molecule has 4 atom stereocenters. The molecule has 0 unspecified atom stereocenters. The summed E-state index contributed by atoms with van der Waals surface area (Å²) in [4.78, 5) is 25.6.